The van der Waals surface area contributed by atoms with Gasteiger partial charge in [0.25, 0.3) is 0 Å². The number of rotatable bonds is 8. The number of carbonyl (C=O) groups is 1. The molecule has 1 heterocycles. The van der Waals surface area contributed by atoms with Gasteiger partial charge in [0.2, 0.25) is 5.91 Å². The lowest BCUT2D eigenvalue weighted by molar-refractivity contribution is -0.124. The molecule has 2 unspecified atom stereocenters. The molecule has 2 atom stereocenters. The average Bonchev–Trinajstić information content (AvgIpc) is 2.83. The predicted molar refractivity (Wildman–Crippen MR) is 89.1 cm³/mol. The van der Waals surface area contributed by atoms with Crippen LogP contribution in [0.5, 0.6) is 0 Å². The van der Waals surface area contributed by atoms with E-state index in [1.807, 2.05) is 13.8 Å². The van der Waals surface area contributed by atoms with Gasteiger partial charge in [-0.1, -0.05) is 27.7 Å². The van der Waals surface area contributed by atoms with E-state index in [4.69, 9.17) is 5.73 Å². The van der Waals surface area contributed by atoms with Crippen molar-refractivity contribution in [2.24, 2.45) is 17.1 Å². The topological polar surface area (TPSA) is 58.4 Å². The van der Waals surface area contributed by atoms with Gasteiger partial charge in [0, 0.05) is 6.54 Å². The van der Waals surface area contributed by atoms with E-state index in [1.165, 1.54) is 19.5 Å². The highest BCUT2D eigenvalue weighted by Gasteiger charge is 2.32. The van der Waals surface area contributed by atoms with Crippen molar-refractivity contribution in [1.82, 2.24) is 10.2 Å². The minimum Gasteiger partial charge on any atom is -0.368 e. The number of nitrogens with zero attached hydrogens (tertiary/aromatic N) is 1. The van der Waals surface area contributed by atoms with Crippen LogP contribution in [0.1, 0.15) is 60.3 Å². The Morgan fingerprint density at radius 3 is 2.43 bits per heavy atom. The van der Waals surface area contributed by atoms with Crippen molar-refractivity contribution in [2.45, 2.75) is 65.8 Å². The molecular formula is C17H35N3O. The molecule has 1 aliphatic rings. The lowest BCUT2D eigenvalue weighted by atomic mass is 9.80. The summed E-state index contributed by atoms with van der Waals surface area (Å²) in [6.07, 6.45) is 4.33. The van der Waals surface area contributed by atoms with Crippen LogP contribution in [0.3, 0.4) is 0 Å². The largest absolute Gasteiger partial charge is 0.368 e. The van der Waals surface area contributed by atoms with Gasteiger partial charge in [0.1, 0.15) is 0 Å². The molecule has 1 aliphatic heterocycles. The summed E-state index contributed by atoms with van der Waals surface area (Å²) < 4.78 is 0. The zero-order valence-electron chi connectivity index (χ0n) is 14.7. The number of nitrogens with two attached hydrogens (primary N) is 1. The first kappa shape index (κ1) is 18.4. The molecule has 3 N–H and O–H groups in total. The smallest absolute Gasteiger partial charge is 0.237 e. The minimum atomic E-state index is -0.548. The van der Waals surface area contributed by atoms with Crippen LogP contribution in [0.15, 0.2) is 0 Å². The zero-order chi connectivity index (χ0) is 16.1. The maximum Gasteiger partial charge on any atom is 0.237 e. The van der Waals surface area contributed by atoms with Crippen molar-refractivity contribution in [2.75, 3.05) is 26.2 Å². The lowest BCUT2D eigenvalue weighted by Gasteiger charge is -2.28. The van der Waals surface area contributed by atoms with Crippen molar-refractivity contribution in [1.29, 1.82) is 0 Å². The Morgan fingerprint density at radius 1 is 1.29 bits per heavy atom. The number of nitrogens with one attached hydrogen (secondary N) is 1. The summed E-state index contributed by atoms with van der Waals surface area (Å²) in [7, 11) is 0. The van der Waals surface area contributed by atoms with Gasteiger partial charge in [0.15, 0.2) is 0 Å². The standard InChI is InChI=1S/C17H35N3O/c1-6-19-17(5,15(18)21)10-7-8-11-20-12-9-14(13-20)16(2,3)4/h14,19H,6-13H2,1-5H3,(H2,18,21). The summed E-state index contributed by atoms with van der Waals surface area (Å²) in [6, 6.07) is 0. The highest BCUT2D eigenvalue weighted by molar-refractivity contribution is 5.84. The minimum absolute atomic E-state index is 0.238. The third-order valence-electron chi connectivity index (χ3n) is 5.01. The second kappa shape index (κ2) is 7.59. The van der Waals surface area contributed by atoms with E-state index in [0.29, 0.717) is 5.41 Å². The maximum atomic E-state index is 11.6. The zero-order valence-corrected chi connectivity index (χ0v) is 14.7. The van der Waals surface area contributed by atoms with Crippen LogP contribution in [-0.2, 0) is 4.79 Å². The maximum absolute atomic E-state index is 11.6. The van der Waals surface area contributed by atoms with Gasteiger partial charge in [0.05, 0.1) is 5.54 Å². The number of hydrogen-bond acceptors (Lipinski definition) is 3. The van der Waals surface area contributed by atoms with Gasteiger partial charge >= 0.3 is 0 Å². The van der Waals surface area contributed by atoms with Crippen molar-refractivity contribution in [3.63, 3.8) is 0 Å². The molecule has 1 amide bonds. The molecule has 0 bridgehead atoms. The fourth-order valence-electron chi connectivity index (χ4n) is 3.25. The Bertz CT molecular complexity index is 337. The van der Waals surface area contributed by atoms with Crippen molar-refractivity contribution in [3.8, 4) is 0 Å². The molecule has 0 aliphatic carbocycles. The molecule has 1 saturated heterocycles. The summed E-state index contributed by atoms with van der Waals surface area (Å²) in [5, 5.41) is 3.23. The van der Waals surface area contributed by atoms with Crippen molar-refractivity contribution < 1.29 is 4.79 Å². The first-order valence-corrected chi connectivity index (χ1v) is 8.46. The van der Waals surface area contributed by atoms with Crippen LogP contribution in [0.2, 0.25) is 0 Å². The van der Waals surface area contributed by atoms with Gasteiger partial charge in [-0.2, -0.15) is 0 Å². The Balaban J connectivity index is 2.27. The molecule has 0 aromatic rings. The van der Waals surface area contributed by atoms with Gasteiger partial charge in [-0.15, -0.1) is 0 Å². The Hall–Kier alpha value is -0.610. The van der Waals surface area contributed by atoms with Crippen LogP contribution >= 0.6 is 0 Å². The molecule has 21 heavy (non-hydrogen) atoms. The molecule has 0 radical (unpaired) electrons. The van der Waals surface area contributed by atoms with Gasteiger partial charge in [-0.25, -0.2) is 0 Å². The molecule has 1 fully saturated rings. The van der Waals surface area contributed by atoms with Crippen LogP contribution < -0.4 is 11.1 Å². The van der Waals surface area contributed by atoms with Crippen molar-refractivity contribution in [3.05, 3.63) is 0 Å². The predicted octanol–water partition coefficient (Wildman–Crippen LogP) is 2.38. The van der Waals surface area contributed by atoms with E-state index < -0.39 is 5.54 Å². The van der Waals surface area contributed by atoms with E-state index in [9.17, 15) is 4.79 Å². The van der Waals surface area contributed by atoms with E-state index in [2.05, 4.69) is 31.0 Å². The summed E-state index contributed by atoms with van der Waals surface area (Å²) >= 11 is 0. The molecule has 4 heteroatoms. The Kier molecular flexibility index (Phi) is 6.67. The van der Waals surface area contributed by atoms with Crippen LogP contribution in [0, 0.1) is 11.3 Å². The number of unbranched alkanes of at least 4 members (excludes halogenated alkanes) is 1. The first-order chi connectivity index (χ1) is 9.69. The Morgan fingerprint density at radius 2 is 1.95 bits per heavy atom. The quantitative estimate of drug-likeness (QED) is 0.676. The van der Waals surface area contributed by atoms with Crippen LogP contribution in [0.25, 0.3) is 0 Å². The molecule has 124 valence electrons. The van der Waals surface area contributed by atoms with Gasteiger partial charge < -0.3 is 16.0 Å². The number of likely N-dealkylation sites (N-methyl/N-ethyl adjacent to an activating group) is 1. The second-order valence-corrected chi connectivity index (χ2v) is 7.84. The summed E-state index contributed by atoms with van der Waals surface area (Å²) in [4.78, 5) is 14.1. The monoisotopic (exact) mass is 297 g/mol. The number of hydrogen-bond donors (Lipinski definition) is 2. The van der Waals surface area contributed by atoms with Gasteiger partial charge in [-0.05, 0) is 63.6 Å². The van der Waals surface area contributed by atoms with E-state index in [-0.39, 0.29) is 5.91 Å². The molecular weight excluding hydrogens is 262 g/mol. The summed E-state index contributed by atoms with van der Waals surface area (Å²) in [5.41, 5.74) is 5.39. The lowest BCUT2D eigenvalue weighted by Crippen LogP contribution is -2.53. The van der Waals surface area contributed by atoms with E-state index >= 15 is 0 Å². The molecule has 0 aromatic heterocycles. The second-order valence-electron chi connectivity index (χ2n) is 7.84. The number of primary amides is 1. The van der Waals surface area contributed by atoms with Crippen LogP contribution in [-0.4, -0.2) is 42.5 Å². The van der Waals surface area contributed by atoms with Crippen LogP contribution in [0.4, 0.5) is 0 Å². The summed E-state index contributed by atoms with van der Waals surface area (Å²) in [6.45, 7) is 15.3. The molecule has 0 spiro atoms. The Labute approximate surface area is 130 Å². The molecule has 0 aromatic carbocycles. The third-order valence-corrected chi connectivity index (χ3v) is 5.01. The number of carbonyl (C=O) groups excluding carboxylic acids is 1. The number of amides is 1. The summed E-state index contributed by atoms with van der Waals surface area (Å²) in [5.74, 6) is 0.577. The number of likely N-dealkylation sites (tertiary alicyclic amines) is 1. The van der Waals surface area contributed by atoms with E-state index in [0.717, 1.165) is 38.3 Å². The third kappa shape index (κ3) is 5.59. The molecule has 4 nitrogen and oxygen atoms in total. The normalized spacial score (nSPS) is 23.2. The molecule has 1 rings (SSSR count). The van der Waals surface area contributed by atoms with Gasteiger partial charge in [-0.3, -0.25) is 4.79 Å². The average molecular weight is 297 g/mol. The SMILES string of the molecule is CCNC(C)(CCCCN1CCC(C(C)(C)C)C1)C(N)=O. The fraction of sp³-hybridized carbons (Fsp3) is 0.941. The fourth-order valence-corrected chi connectivity index (χ4v) is 3.25. The highest BCUT2D eigenvalue weighted by Crippen LogP contribution is 2.33. The highest BCUT2D eigenvalue weighted by atomic mass is 16.1. The van der Waals surface area contributed by atoms with Crippen molar-refractivity contribution >= 4 is 5.91 Å². The van der Waals surface area contributed by atoms with E-state index in [1.54, 1.807) is 0 Å². The molecule has 0 saturated carbocycles. The first-order valence-electron chi connectivity index (χ1n) is 8.46.